The van der Waals surface area contributed by atoms with Gasteiger partial charge in [0.25, 0.3) is 11.5 Å². The van der Waals surface area contributed by atoms with E-state index in [0.29, 0.717) is 40.3 Å². The zero-order valence-corrected chi connectivity index (χ0v) is 26.4. The van der Waals surface area contributed by atoms with Crippen molar-refractivity contribution in [3.63, 3.8) is 0 Å². The Morgan fingerprint density at radius 2 is 1.64 bits per heavy atom. The normalized spacial score (nSPS) is 11.3. The number of carbonyl (C=O) groups excluding carboxylic acids is 3. The lowest BCUT2D eigenvalue weighted by molar-refractivity contribution is -0.115. The van der Waals surface area contributed by atoms with Crippen LogP contribution in [0, 0.1) is 20.8 Å². The monoisotopic (exact) mass is 601 g/mol. The number of H-pyrrole nitrogens is 1. The van der Waals surface area contributed by atoms with Gasteiger partial charge in [-0.15, -0.1) is 0 Å². The first-order valence-corrected chi connectivity index (χ1v) is 14.3. The molecule has 3 amide bonds. The van der Waals surface area contributed by atoms with Gasteiger partial charge in [0.1, 0.15) is 34.9 Å². The number of nitrogens with zero attached hydrogens (tertiary/aromatic N) is 1. The smallest absolute Gasteiger partial charge is 0.408 e. The molecule has 0 atom stereocenters. The highest BCUT2D eigenvalue weighted by Crippen LogP contribution is 2.36. The Morgan fingerprint density at radius 1 is 0.955 bits per heavy atom. The Bertz CT molecular complexity index is 1790. The molecule has 0 saturated heterocycles. The number of anilines is 1. The molecule has 0 saturated carbocycles. The van der Waals surface area contributed by atoms with Gasteiger partial charge in [-0.1, -0.05) is 6.07 Å². The maximum atomic E-state index is 12.9. The standard InChI is InChI=1S/C33H39N5O6/c1-9-34-30(40)26-15-24-25(17-38(8)31(41)28(24)37-26)21-10-18(2)11-23(14-21)43-29-19(3)12-22(13-20(29)4)36-27(39)16-35-32(42)44-33(5,6)7/h10-15,17,37H,9,16H2,1-8H3,(H,34,40)(H,35,42)(H,36,39). The molecule has 0 aliphatic heterocycles. The number of aromatic nitrogens is 2. The van der Waals surface area contributed by atoms with E-state index in [1.165, 1.54) is 4.57 Å². The van der Waals surface area contributed by atoms with E-state index in [9.17, 15) is 19.2 Å². The lowest BCUT2D eigenvalue weighted by Gasteiger charge is -2.19. The highest BCUT2D eigenvalue weighted by molar-refractivity contribution is 6.02. The molecule has 0 spiro atoms. The van der Waals surface area contributed by atoms with E-state index >= 15 is 0 Å². The molecule has 11 heteroatoms. The van der Waals surface area contributed by atoms with Crippen LogP contribution >= 0.6 is 0 Å². The highest BCUT2D eigenvalue weighted by Gasteiger charge is 2.19. The summed E-state index contributed by atoms with van der Waals surface area (Å²) in [5.41, 5.74) is 4.46. The van der Waals surface area contributed by atoms with Crippen LogP contribution in [0.5, 0.6) is 11.5 Å². The van der Waals surface area contributed by atoms with Crippen LogP contribution in [0.4, 0.5) is 10.5 Å². The summed E-state index contributed by atoms with van der Waals surface area (Å²) in [5.74, 6) is 0.549. The van der Waals surface area contributed by atoms with Gasteiger partial charge in [-0.3, -0.25) is 14.4 Å². The predicted octanol–water partition coefficient (Wildman–Crippen LogP) is 5.46. The van der Waals surface area contributed by atoms with E-state index in [1.807, 2.05) is 45.9 Å². The van der Waals surface area contributed by atoms with Gasteiger partial charge >= 0.3 is 6.09 Å². The van der Waals surface area contributed by atoms with Crippen LogP contribution in [-0.2, 0) is 16.6 Å². The number of pyridine rings is 1. The number of nitrogens with one attached hydrogen (secondary N) is 4. The predicted molar refractivity (Wildman–Crippen MR) is 171 cm³/mol. The van der Waals surface area contributed by atoms with E-state index in [2.05, 4.69) is 20.9 Å². The summed E-state index contributed by atoms with van der Waals surface area (Å²) < 4.78 is 13.0. The lowest BCUT2D eigenvalue weighted by Crippen LogP contribution is -2.37. The van der Waals surface area contributed by atoms with Crippen LogP contribution in [0.2, 0.25) is 0 Å². The quantitative estimate of drug-likeness (QED) is 0.211. The molecule has 0 aliphatic carbocycles. The number of benzene rings is 2. The first kappa shape index (κ1) is 31.9. The molecule has 0 aliphatic rings. The average Bonchev–Trinajstić information content (AvgIpc) is 3.37. The Labute approximate surface area is 255 Å². The molecule has 2 aromatic heterocycles. The van der Waals surface area contributed by atoms with Crippen LogP contribution in [-0.4, -0.2) is 46.1 Å². The Morgan fingerprint density at radius 3 is 2.27 bits per heavy atom. The number of amides is 3. The van der Waals surface area contributed by atoms with Crippen molar-refractivity contribution in [3.8, 4) is 22.6 Å². The first-order valence-electron chi connectivity index (χ1n) is 14.3. The maximum absolute atomic E-state index is 12.9. The molecule has 0 bridgehead atoms. The molecule has 0 unspecified atom stereocenters. The summed E-state index contributed by atoms with van der Waals surface area (Å²) >= 11 is 0. The summed E-state index contributed by atoms with van der Waals surface area (Å²) in [6.07, 6.45) is 1.09. The molecule has 4 aromatic rings. The number of aryl methyl sites for hydroxylation is 4. The zero-order chi connectivity index (χ0) is 32.3. The molecule has 2 aromatic carbocycles. The van der Waals surface area contributed by atoms with Gasteiger partial charge < -0.3 is 35.0 Å². The molecule has 4 N–H and O–H groups in total. The molecule has 0 radical (unpaired) electrons. The van der Waals surface area contributed by atoms with Crippen molar-refractivity contribution in [3.05, 3.63) is 75.3 Å². The van der Waals surface area contributed by atoms with Crippen molar-refractivity contribution in [2.45, 2.75) is 54.1 Å². The van der Waals surface area contributed by atoms with E-state index in [0.717, 1.165) is 27.8 Å². The largest absolute Gasteiger partial charge is 0.457 e. The first-order chi connectivity index (χ1) is 20.6. The van der Waals surface area contributed by atoms with Crippen molar-refractivity contribution < 1.29 is 23.9 Å². The minimum Gasteiger partial charge on any atom is -0.457 e. The molecular formula is C33H39N5O6. The summed E-state index contributed by atoms with van der Waals surface area (Å²) in [7, 11) is 1.67. The number of hydrogen-bond donors (Lipinski definition) is 4. The molecule has 4 rings (SSSR count). The Hall–Kier alpha value is -5.06. The van der Waals surface area contributed by atoms with Gasteiger partial charge in [0.2, 0.25) is 5.91 Å². The third-order valence-electron chi connectivity index (χ3n) is 6.66. The second kappa shape index (κ2) is 12.7. The van der Waals surface area contributed by atoms with Crippen molar-refractivity contribution in [2.24, 2.45) is 7.05 Å². The molecule has 0 fully saturated rings. The zero-order valence-electron chi connectivity index (χ0n) is 26.4. The van der Waals surface area contributed by atoms with Gasteiger partial charge in [-0.05, 0) is 101 Å². The summed E-state index contributed by atoms with van der Waals surface area (Å²) in [5, 5.41) is 8.64. The maximum Gasteiger partial charge on any atom is 0.408 e. The van der Waals surface area contributed by atoms with Crippen LogP contribution < -0.4 is 26.2 Å². The van der Waals surface area contributed by atoms with Gasteiger partial charge in [-0.2, -0.15) is 0 Å². The Kier molecular flexibility index (Phi) is 9.17. The second-order valence-corrected chi connectivity index (χ2v) is 11.8. The third-order valence-corrected chi connectivity index (χ3v) is 6.66. The summed E-state index contributed by atoms with van der Waals surface area (Å²) in [4.78, 5) is 52.7. The summed E-state index contributed by atoms with van der Waals surface area (Å²) in [6, 6.07) is 11.1. The van der Waals surface area contributed by atoms with Gasteiger partial charge in [0.15, 0.2) is 0 Å². The minimum atomic E-state index is -0.668. The third kappa shape index (κ3) is 7.47. The highest BCUT2D eigenvalue weighted by atomic mass is 16.6. The van der Waals surface area contributed by atoms with Crippen molar-refractivity contribution in [1.29, 1.82) is 0 Å². The molecule has 11 nitrogen and oxygen atoms in total. The van der Waals surface area contributed by atoms with E-state index < -0.39 is 17.6 Å². The topological polar surface area (TPSA) is 144 Å². The molecule has 232 valence electrons. The van der Waals surface area contributed by atoms with Gasteiger partial charge in [0, 0.05) is 36.4 Å². The van der Waals surface area contributed by atoms with Gasteiger partial charge in [-0.25, -0.2) is 4.79 Å². The fraction of sp³-hybridized carbons (Fsp3) is 0.333. The number of fused-ring (bicyclic) bond motifs is 1. The number of alkyl carbamates (subject to hydrolysis) is 1. The van der Waals surface area contributed by atoms with Crippen LogP contribution in [0.15, 0.2) is 47.4 Å². The Balaban J connectivity index is 1.59. The molecule has 44 heavy (non-hydrogen) atoms. The van der Waals surface area contributed by atoms with Gasteiger partial charge in [0.05, 0.1) is 0 Å². The fourth-order valence-corrected chi connectivity index (χ4v) is 4.88. The molecular weight excluding hydrogens is 562 g/mol. The average molecular weight is 602 g/mol. The number of hydrogen-bond acceptors (Lipinski definition) is 6. The number of rotatable bonds is 8. The van der Waals surface area contributed by atoms with Crippen LogP contribution in [0.3, 0.4) is 0 Å². The summed E-state index contributed by atoms with van der Waals surface area (Å²) in [6.45, 7) is 13.0. The minimum absolute atomic E-state index is 0.234. The fourth-order valence-electron chi connectivity index (χ4n) is 4.88. The van der Waals surface area contributed by atoms with E-state index in [4.69, 9.17) is 9.47 Å². The number of ether oxygens (including phenoxy) is 2. The van der Waals surface area contributed by atoms with Crippen LogP contribution in [0.1, 0.15) is 54.9 Å². The van der Waals surface area contributed by atoms with Crippen molar-refractivity contribution in [1.82, 2.24) is 20.2 Å². The van der Waals surface area contributed by atoms with Crippen LogP contribution in [0.25, 0.3) is 22.0 Å². The van der Waals surface area contributed by atoms with E-state index in [1.54, 1.807) is 52.2 Å². The SMILES string of the molecule is CCNC(=O)c1cc2c(-c3cc(C)cc(Oc4c(C)cc(NC(=O)CNC(=O)OC(C)(C)C)cc4C)c3)cn(C)c(=O)c2[nH]1. The lowest BCUT2D eigenvalue weighted by atomic mass is 10.0. The van der Waals surface area contributed by atoms with Crippen molar-refractivity contribution >= 4 is 34.5 Å². The second-order valence-electron chi connectivity index (χ2n) is 11.8. The van der Waals surface area contributed by atoms with Crippen molar-refractivity contribution in [2.75, 3.05) is 18.4 Å². The number of carbonyl (C=O) groups is 3. The molecule has 2 heterocycles. The number of aromatic amines is 1. The van der Waals surface area contributed by atoms with E-state index in [-0.39, 0.29) is 18.0 Å².